The third kappa shape index (κ3) is 3.86. The number of nitrogens with zero attached hydrogens (tertiary/aromatic N) is 3. The molecule has 1 aliphatic rings. The van der Waals surface area contributed by atoms with Crippen molar-refractivity contribution in [3.63, 3.8) is 0 Å². The summed E-state index contributed by atoms with van der Waals surface area (Å²) in [5.74, 6) is -0.328. The summed E-state index contributed by atoms with van der Waals surface area (Å²) >= 11 is 0. The number of aromatic nitrogens is 2. The summed E-state index contributed by atoms with van der Waals surface area (Å²) in [6.07, 6.45) is 1.06. The Morgan fingerprint density at radius 2 is 1.96 bits per heavy atom. The van der Waals surface area contributed by atoms with Crippen LogP contribution >= 0.6 is 0 Å². The Labute approximate surface area is 157 Å². The lowest BCUT2D eigenvalue weighted by atomic mass is 10.1. The van der Waals surface area contributed by atoms with E-state index in [0.29, 0.717) is 25.2 Å². The second kappa shape index (κ2) is 7.12. The number of aryl methyl sites for hydroxylation is 2. The highest BCUT2D eigenvalue weighted by Gasteiger charge is 2.34. The topological polar surface area (TPSA) is 127 Å². The van der Waals surface area contributed by atoms with Crippen LogP contribution in [0.1, 0.15) is 28.9 Å². The van der Waals surface area contributed by atoms with Crippen LogP contribution < -0.4 is 15.4 Å². The van der Waals surface area contributed by atoms with Crippen LogP contribution in [0, 0.1) is 6.92 Å². The van der Waals surface area contributed by atoms with E-state index in [-0.39, 0.29) is 16.4 Å². The molecule has 0 bridgehead atoms. The van der Waals surface area contributed by atoms with E-state index in [1.807, 2.05) is 6.92 Å². The molecule has 27 heavy (non-hydrogen) atoms. The van der Waals surface area contributed by atoms with Crippen molar-refractivity contribution >= 4 is 27.7 Å². The zero-order chi connectivity index (χ0) is 19.8. The molecule has 1 aliphatic heterocycles. The molecule has 0 saturated carbocycles. The van der Waals surface area contributed by atoms with Gasteiger partial charge in [0.1, 0.15) is 11.9 Å². The predicted molar refractivity (Wildman–Crippen MR) is 98.6 cm³/mol. The highest BCUT2D eigenvalue weighted by Crippen LogP contribution is 2.23. The third-order valence-electron chi connectivity index (χ3n) is 4.44. The first kappa shape index (κ1) is 19.1. The van der Waals surface area contributed by atoms with Gasteiger partial charge in [0.15, 0.2) is 0 Å². The first-order valence-electron chi connectivity index (χ1n) is 8.43. The lowest BCUT2D eigenvalue weighted by Gasteiger charge is -2.32. The van der Waals surface area contributed by atoms with Crippen molar-refractivity contribution in [3.05, 3.63) is 41.6 Å². The fraction of sp³-hybridized carbons (Fsp3) is 0.353. The Kier molecular flexibility index (Phi) is 5.03. The van der Waals surface area contributed by atoms with E-state index in [1.165, 1.54) is 24.3 Å². The molecule has 0 radical (unpaired) electrons. The van der Waals surface area contributed by atoms with Crippen LogP contribution in [0.3, 0.4) is 0 Å². The zero-order valence-corrected chi connectivity index (χ0v) is 15.9. The molecule has 3 N–H and O–H groups in total. The number of benzene rings is 1. The molecule has 0 aliphatic carbocycles. The Bertz CT molecular complexity index is 981. The van der Waals surface area contributed by atoms with Crippen LogP contribution in [0.15, 0.2) is 35.2 Å². The smallest absolute Gasteiger partial charge is 0.248 e. The van der Waals surface area contributed by atoms with Gasteiger partial charge in [0, 0.05) is 25.2 Å². The maximum atomic E-state index is 12.8. The van der Waals surface area contributed by atoms with Gasteiger partial charge in [-0.2, -0.15) is 9.82 Å². The number of rotatable bonds is 5. The van der Waals surface area contributed by atoms with Gasteiger partial charge in [-0.15, -0.1) is 0 Å². The molecule has 144 valence electrons. The van der Waals surface area contributed by atoms with Gasteiger partial charge in [-0.1, -0.05) is 0 Å². The van der Waals surface area contributed by atoms with Crippen LogP contribution in [0.5, 0.6) is 0 Å². The SMILES string of the molecule is Cc1cc(N2CCCC(NS(=O)(=O)c3ccc(C(N)=O)cc3)C2=O)n(C)n1. The average molecular weight is 391 g/mol. The molecule has 0 spiro atoms. The highest BCUT2D eigenvalue weighted by atomic mass is 32.2. The zero-order valence-electron chi connectivity index (χ0n) is 15.0. The van der Waals surface area contributed by atoms with E-state index in [9.17, 15) is 18.0 Å². The van der Waals surface area contributed by atoms with Gasteiger partial charge in [-0.25, -0.2) is 8.42 Å². The molecule has 1 atom stereocenters. The van der Waals surface area contributed by atoms with E-state index in [2.05, 4.69) is 9.82 Å². The molecular weight excluding hydrogens is 370 g/mol. The third-order valence-corrected chi connectivity index (χ3v) is 5.93. The Morgan fingerprint density at radius 3 is 2.52 bits per heavy atom. The molecule has 2 amide bonds. The summed E-state index contributed by atoms with van der Waals surface area (Å²) in [5.41, 5.74) is 6.15. The molecule has 3 rings (SSSR count). The molecular formula is C17H21N5O4S. The van der Waals surface area contributed by atoms with Crippen molar-refractivity contribution in [1.82, 2.24) is 14.5 Å². The van der Waals surface area contributed by atoms with Crippen molar-refractivity contribution in [3.8, 4) is 0 Å². The molecule has 1 unspecified atom stereocenters. The molecule has 1 saturated heterocycles. The summed E-state index contributed by atoms with van der Waals surface area (Å²) in [4.78, 5) is 25.5. The number of hydrogen-bond donors (Lipinski definition) is 2. The number of nitrogens with one attached hydrogen (secondary N) is 1. The number of carbonyl (C=O) groups is 2. The fourth-order valence-corrected chi connectivity index (χ4v) is 4.34. The Balaban J connectivity index is 1.80. The minimum atomic E-state index is -3.92. The van der Waals surface area contributed by atoms with Gasteiger partial charge in [-0.3, -0.25) is 19.2 Å². The molecule has 2 heterocycles. The number of anilines is 1. The predicted octanol–water partition coefficient (Wildman–Crippen LogP) is 0.301. The van der Waals surface area contributed by atoms with E-state index in [4.69, 9.17) is 5.73 Å². The number of carbonyl (C=O) groups excluding carboxylic acids is 2. The number of primary amides is 1. The quantitative estimate of drug-likeness (QED) is 0.758. The Hall–Kier alpha value is -2.72. The molecule has 1 fully saturated rings. The maximum Gasteiger partial charge on any atom is 0.248 e. The largest absolute Gasteiger partial charge is 0.366 e. The monoisotopic (exact) mass is 391 g/mol. The minimum Gasteiger partial charge on any atom is -0.366 e. The van der Waals surface area contributed by atoms with Crippen molar-refractivity contribution in [1.29, 1.82) is 0 Å². The molecule has 10 heteroatoms. The van der Waals surface area contributed by atoms with Crippen LogP contribution in [0.25, 0.3) is 0 Å². The molecule has 9 nitrogen and oxygen atoms in total. The van der Waals surface area contributed by atoms with E-state index in [0.717, 1.165) is 5.69 Å². The van der Waals surface area contributed by atoms with Crippen LogP contribution in [0.2, 0.25) is 0 Å². The Morgan fingerprint density at radius 1 is 1.30 bits per heavy atom. The van der Waals surface area contributed by atoms with Gasteiger partial charge in [0.05, 0.1) is 10.6 Å². The van der Waals surface area contributed by atoms with E-state index < -0.39 is 22.0 Å². The summed E-state index contributed by atoms with van der Waals surface area (Å²) in [6.45, 7) is 2.33. The first-order chi connectivity index (χ1) is 12.7. The normalized spacial score (nSPS) is 17.9. The summed E-state index contributed by atoms with van der Waals surface area (Å²) in [5, 5.41) is 4.24. The number of sulfonamides is 1. The number of piperidine rings is 1. The fourth-order valence-electron chi connectivity index (χ4n) is 3.12. The van der Waals surface area contributed by atoms with Gasteiger partial charge < -0.3 is 5.73 Å². The van der Waals surface area contributed by atoms with Crippen molar-refractivity contribution in [2.45, 2.75) is 30.7 Å². The number of amides is 2. The van der Waals surface area contributed by atoms with Gasteiger partial charge >= 0.3 is 0 Å². The van der Waals surface area contributed by atoms with Crippen LogP contribution in [-0.4, -0.2) is 42.6 Å². The number of hydrogen-bond acceptors (Lipinski definition) is 5. The van der Waals surface area contributed by atoms with Crippen molar-refractivity contribution < 1.29 is 18.0 Å². The summed E-state index contributed by atoms with van der Waals surface area (Å²) in [7, 11) is -2.18. The van der Waals surface area contributed by atoms with Crippen LogP contribution in [-0.2, 0) is 21.9 Å². The maximum absolute atomic E-state index is 12.8. The van der Waals surface area contributed by atoms with Crippen molar-refractivity contribution in [2.24, 2.45) is 12.8 Å². The second-order valence-electron chi connectivity index (χ2n) is 6.46. The van der Waals surface area contributed by atoms with Gasteiger partial charge in [-0.05, 0) is 44.0 Å². The van der Waals surface area contributed by atoms with E-state index >= 15 is 0 Å². The lowest BCUT2D eigenvalue weighted by molar-refractivity contribution is -0.121. The number of nitrogens with two attached hydrogens (primary N) is 1. The lowest BCUT2D eigenvalue weighted by Crippen LogP contribution is -2.52. The van der Waals surface area contributed by atoms with Crippen molar-refractivity contribution in [2.75, 3.05) is 11.4 Å². The summed E-state index contributed by atoms with van der Waals surface area (Å²) in [6, 6.07) is 6.18. The standard InChI is InChI=1S/C17H21N5O4S/c1-11-10-15(21(2)19-11)22-9-3-4-14(17(22)24)20-27(25,26)13-7-5-12(6-8-13)16(18)23/h5-8,10,14,20H,3-4,9H2,1-2H3,(H2,18,23). The second-order valence-corrected chi connectivity index (χ2v) is 8.18. The molecule has 1 aromatic carbocycles. The van der Waals surface area contributed by atoms with Crippen LogP contribution in [0.4, 0.5) is 5.82 Å². The average Bonchev–Trinajstić information content (AvgIpc) is 2.95. The van der Waals surface area contributed by atoms with Gasteiger partial charge in [0.2, 0.25) is 21.8 Å². The van der Waals surface area contributed by atoms with E-state index in [1.54, 1.807) is 22.7 Å². The molecule has 1 aromatic heterocycles. The first-order valence-corrected chi connectivity index (χ1v) is 9.91. The minimum absolute atomic E-state index is 0.0335. The summed E-state index contributed by atoms with van der Waals surface area (Å²) < 4.78 is 29.3. The molecule has 2 aromatic rings. The van der Waals surface area contributed by atoms with Gasteiger partial charge in [0.25, 0.3) is 0 Å². The highest BCUT2D eigenvalue weighted by molar-refractivity contribution is 7.89.